The van der Waals surface area contributed by atoms with Crippen molar-refractivity contribution >= 4 is 17.5 Å². The molecule has 0 aromatic heterocycles. The first-order chi connectivity index (χ1) is 12.1. The molecule has 2 amide bonds. The SMILES string of the molecule is Cc1ccc2c(c1)OCCN2CCCN1C(=O)c2ccccc2C1=O. The van der Waals surface area contributed by atoms with Crippen LogP contribution in [0.25, 0.3) is 0 Å². The molecule has 0 unspecified atom stereocenters. The number of hydrogen-bond donors (Lipinski definition) is 0. The first-order valence-corrected chi connectivity index (χ1v) is 8.59. The fraction of sp³-hybridized carbons (Fsp3) is 0.300. The summed E-state index contributed by atoms with van der Waals surface area (Å²) < 4.78 is 5.73. The molecule has 0 spiro atoms. The Hall–Kier alpha value is -2.82. The van der Waals surface area contributed by atoms with Crippen LogP contribution in [0.15, 0.2) is 42.5 Å². The molecular formula is C20H20N2O3. The summed E-state index contributed by atoms with van der Waals surface area (Å²) in [5.41, 5.74) is 3.28. The fourth-order valence-corrected chi connectivity index (χ4v) is 3.48. The minimum atomic E-state index is -0.182. The van der Waals surface area contributed by atoms with E-state index in [2.05, 4.69) is 17.0 Å². The summed E-state index contributed by atoms with van der Waals surface area (Å²) in [6, 6.07) is 13.2. The summed E-state index contributed by atoms with van der Waals surface area (Å²) in [6.45, 7) is 4.74. The molecule has 128 valence electrons. The normalized spacial score (nSPS) is 15.9. The highest BCUT2D eigenvalue weighted by Gasteiger charge is 2.34. The van der Waals surface area contributed by atoms with Gasteiger partial charge < -0.3 is 9.64 Å². The molecule has 2 aliphatic rings. The predicted octanol–water partition coefficient (Wildman–Crippen LogP) is 2.88. The van der Waals surface area contributed by atoms with Gasteiger partial charge in [0.25, 0.3) is 11.8 Å². The summed E-state index contributed by atoms with van der Waals surface area (Å²) in [4.78, 5) is 28.4. The van der Waals surface area contributed by atoms with Gasteiger partial charge in [0.15, 0.2) is 0 Å². The highest BCUT2D eigenvalue weighted by Crippen LogP contribution is 2.32. The summed E-state index contributed by atoms with van der Waals surface area (Å²) in [5.74, 6) is 0.546. The van der Waals surface area contributed by atoms with E-state index in [1.807, 2.05) is 13.0 Å². The minimum absolute atomic E-state index is 0.182. The number of hydrogen-bond acceptors (Lipinski definition) is 4. The van der Waals surface area contributed by atoms with Crippen LogP contribution in [0.5, 0.6) is 5.75 Å². The Bertz CT molecular complexity index is 812. The summed E-state index contributed by atoms with van der Waals surface area (Å²) in [7, 11) is 0. The van der Waals surface area contributed by atoms with Crippen molar-refractivity contribution in [3.05, 3.63) is 59.2 Å². The van der Waals surface area contributed by atoms with Gasteiger partial charge in [0.05, 0.1) is 23.4 Å². The van der Waals surface area contributed by atoms with Crippen LogP contribution < -0.4 is 9.64 Å². The number of benzene rings is 2. The molecule has 0 bridgehead atoms. The lowest BCUT2D eigenvalue weighted by molar-refractivity contribution is 0.0653. The molecule has 0 fully saturated rings. The highest BCUT2D eigenvalue weighted by atomic mass is 16.5. The van der Waals surface area contributed by atoms with Gasteiger partial charge >= 0.3 is 0 Å². The highest BCUT2D eigenvalue weighted by molar-refractivity contribution is 6.21. The maximum Gasteiger partial charge on any atom is 0.261 e. The van der Waals surface area contributed by atoms with Crippen LogP contribution in [-0.4, -0.2) is 43.0 Å². The van der Waals surface area contributed by atoms with Gasteiger partial charge in [-0.1, -0.05) is 18.2 Å². The molecular weight excluding hydrogens is 316 g/mol. The first kappa shape index (κ1) is 15.7. The van der Waals surface area contributed by atoms with Gasteiger partial charge in [0.1, 0.15) is 12.4 Å². The third-order valence-electron chi connectivity index (χ3n) is 4.76. The van der Waals surface area contributed by atoms with E-state index in [9.17, 15) is 9.59 Å². The number of rotatable bonds is 4. The number of fused-ring (bicyclic) bond motifs is 2. The standard InChI is InChI=1S/C20H20N2O3/c1-14-7-8-17-18(13-14)25-12-11-21(17)9-4-10-22-19(23)15-5-2-3-6-16(15)20(22)24/h2-3,5-8,13H,4,9-12H2,1H3. The first-order valence-electron chi connectivity index (χ1n) is 8.59. The monoisotopic (exact) mass is 336 g/mol. The van der Waals surface area contributed by atoms with Crippen LogP contribution in [-0.2, 0) is 0 Å². The molecule has 0 saturated heterocycles. The number of anilines is 1. The molecule has 4 rings (SSSR count). The van der Waals surface area contributed by atoms with Gasteiger partial charge in [0.2, 0.25) is 0 Å². The Kier molecular flexibility index (Phi) is 3.92. The maximum absolute atomic E-state index is 12.4. The molecule has 2 aromatic carbocycles. The van der Waals surface area contributed by atoms with Crippen molar-refractivity contribution in [1.29, 1.82) is 0 Å². The summed E-state index contributed by atoms with van der Waals surface area (Å²) in [6.07, 6.45) is 0.735. The van der Waals surface area contributed by atoms with Crippen LogP contribution in [0.4, 0.5) is 5.69 Å². The largest absolute Gasteiger partial charge is 0.490 e. The van der Waals surface area contributed by atoms with Crippen molar-refractivity contribution in [2.24, 2.45) is 0 Å². The van der Waals surface area contributed by atoms with Crippen molar-refractivity contribution in [2.45, 2.75) is 13.3 Å². The summed E-state index contributed by atoms with van der Waals surface area (Å²) >= 11 is 0. The molecule has 5 nitrogen and oxygen atoms in total. The number of ether oxygens (including phenoxy) is 1. The average molecular weight is 336 g/mol. The van der Waals surface area contributed by atoms with Gasteiger partial charge in [0, 0.05) is 13.1 Å². The van der Waals surface area contributed by atoms with E-state index >= 15 is 0 Å². The number of nitrogens with zero attached hydrogens (tertiary/aromatic N) is 2. The third-order valence-corrected chi connectivity index (χ3v) is 4.76. The number of aryl methyl sites for hydroxylation is 1. The van der Waals surface area contributed by atoms with Crippen LogP contribution >= 0.6 is 0 Å². The van der Waals surface area contributed by atoms with Crippen molar-refractivity contribution in [2.75, 3.05) is 31.1 Å². The number of amides is 2. The average Bonchev–Trinajstić information content (AvgIpc) is 2.87. The molecule has 0 radical (unpaired) electrons. The predicted molar refractivity (Wildman–Crippen MR) is 95.3 cm³/mol. The van der Waals surface area contributed by atoms with Crippen molar-refractivity contribution in [3.63, 3.8) is 0 Å². The van der Waals surface area contributed by atoms with Crippen LogP contribution in [0, 0.1) is 6.92 Å². The second kappa shape index (κ2) is 6.24. The fourth-order valence-electron chi connectivity index (χ4n) is 3.48. The second-order valence-corrected chi connectivity index (χ2v) is 6.47. The van der Waals surface area contributed by atoms with Gasteiger partial charge in [-0.3, -0.25) is 14.5 Å². The lowest BCUT2D eigenvalue weighted by Gasteiger charge is -2.31. The van der Waals surface area contributed by atoms with E-state index in [1.165, 1.54) is 10.5 Å². The number of imide groups is 1. The Morgan fingerprint density at radius 3 is 2.44 bits per heavy atom. The molecule has 5 heteroatoms. The molecule has 0 saturated carbocycles. The van der Waals surface area contributed by atoms with Crippen molar-refractivity contribution < 1.29 is 14.3 Å². The Labute approximate surface area is 146 Å². The molecule has 0 N–H and O–H groups in total. The molecule has 2 heterocycles. The van der Waals surface area contributed by atoms with Crippen LogP contribution in [0.1, 0.15) is 32.7 Å². The molecule has 2 aliphatic heterocycles. The Balaban J connectivity index is 1.41. The van der Waals surface area contributed by atoms with Crippen molar-refractivity contribution in [3.8, 4) is 5.75 Å². The maximum atomic E-state index is 12.4. The quantitative estimate of drug-likeness (QED) is 0.806. The van der Waals surface area contributed by atoms with E-state index in [-0.39, 0.29) is 11.8 Å². The van der Waals surface area contributed by atoms with E-state index in [0.717, 1.165) is 30.9 Å². The smallest absolute Gasteiger partial charge is 0.261 e. The number of carbonyl (C=O) groups excluding carboxylic acids is 2. The molecule has 2 aromatic rings. The minimum Gasteiger partial charge on any atom is -0.490 e. The van der Waals surface area contributed by atoms with Crippen molar-refractivity contribution in [1.82, 2.24) is 4.90 Å². The zero-order valence-corrected chi connectivity index (χ0v) is 14.2. The van der Waals surface area contributed by atoms with Gasteiger partial charge in [-0.2, -0.15) is 0 Å². The molecule has 25 heavy (non-hydrogen) atoms. The van der Waals surface area contributed by atoms with E-state index in [0.29, 0.717) is 24.3 Å². The van der Waals surface area contributed by atoms with E-state index < -0.39 is 0 Å². The second-order valence-electron chi connectivity index (χ2n) is 6.47. The lowest BCUT2D eigenvalue weighted by atomic mass is 10.1. The van der Waals surface area contributed by atoms with Gasteiger partial charge in [-0.25, -0.2) is 0 Å². The Morgan fingerprint density at radius 2 is 1.72 bits per heavy atom. The van der Waals surface area contributed by atoms with Gasteiger partial charge in [-0.15, -0.1) is 0 Å². The summed E-state index contributed by atoms with van der Waals surface area (Å²) in [5, 5.41) is 0. The third kappa shape index (κ3) is 2.76. The molecule has 0 atom stereocenters. The van der Waals surface area contributed by atoms with E-state index in [1.54, 1.807) is 24.3 Å². The lowest BCUT2D eigenvalue weighted by Crippen LogP contribution is -2.37. The topological polar surface area (TPSA) is 49.9 Å². The Morgan fingerprint density at radius 1 is 1.00 bits per heavy atom. The zero-order chi connectivity index (χ0) is 17.4. The molecule has 0 aliphatic carbocycles. The van der Waals surface area contributed by atoms with Crippen LogP contribution in [0.2, 0.25) is 0 Å². The van der Waals surface area contributed by atoms with Crippen LogP contribution in [0.3, 0.4) is 0 Å². The number of carbonyl (C=O) groups is 2. The van der Waals surface area contributed by atoms with E-state index in [4.69, 9.17) is 4.74 Å². The zero-order valence-electron chi connectivity index (χ0n) is 14.2. The van der Waals surface area contributed by atoms with Gasteiger partial charge in [-0.05, 0) is 43.2 Å².